The monoisotopic (exact) mass is 323 g/mol. The van der Waals surface area contributed by atoms with Crippen molar-refractivity contribution in [3.63, 3.8) is 0 Å². The highest BCUT2D eigenvalue weighted by Crippen LogP contribution is 2.16. The Balaban J connectivity index is 1.66. The third-order valence-electron chi connectivity index (χ3n) is 3.09. The number of amidine groups is 1. The number of hydrazone groups is 1. The molecule has 0 bridgehead atoms. The van der Waals surface area contributed by atoms with Crippen LogP contribution < -0.4 is 5.43 Å². The van der Waals surface area contributed by atoms with Gasteiger partial charge in [0.15, 0.2) is 5.84 Å². The molecule has 0 amide bonds. The summed E-state index contributed by atoms with van der Waals surface area (Å²) < 4.78 is 0. The second-order valence-electron chi connectivity index (χ2n) is 4.85. The van der Waals surface area contributed by atoms with Crippen LogP contribution in [0, 0.1) is 10.1 Å². The van der Waals surface area contributed by atoms with Crippen molar-refractivity contribution in [2.45, 2.75) is 6.92 Å². The molecule has 1 aromatic heterocycles. The van der Waals surface area contributed by atoms with Gasteiger partial charge in [0, 0.05) is 12.1 Å². The number of non-ortho nitro benzene ring substituents is 1. The highest BCUT2D eigenvalue weighted by atomic mass is 16.6. The van der Waals surface area contributed by atoms with Crippen LogP contribution in [0.1, 0.15) is 6.92 Å². The zero-order valence-corrected chi connectivity index (χ0v) is 12.7. The molecule has 0 saturated carbocycles. The van der Waals surface area contributed by atoms with Crippen LogP contribution in [0.15, 0.2) is 63.9 Å². The van der Waals surface area contributed by atoms with Crippen molar-refractivity contribution in [1.82, 2.24) is 9.97 Å². The average molecular weight is 323 g/mol. The van der Waals surface area contributed by atoms with Gasteiger partial charge in [0.25, 0.3) is 5.69 Å². The third kappa shape index (κ3) is 3.58. The number of hydrogen-bond acceptors (Lipinski definition) is 6. The molecule has 0 unspecified atom stereocenters. The molecule has 0 atom stereocenters. The normalized spacial score (nSPS) is 12.0. The standard InChI is InChI=1S/C15H13N7O2/c1-10(18-20-11-6-8-12(9-7-11)22(23)24)19-21-15-16-13-4-2-3-5-14(13)17-15/h2-9,20H,1H3,(H,16,17)/b18-10-,21-19?. The van der Waals surface area contributed by atoms with Gasteiger partial charge in [-0.3, -0.25) is 15.5 Å². The van der Waals surface area contributed by atoms with E-state index in [4.69, 9.17) is 0 Å². The van der Waals surface area contributed by atoms with Gasteiger partial charge in [-0.2, -0.15) is 5.10 Å². The minimum atomic E-state index is -0.458. The van der Waals surface area contributed by atoms with Crippen molar-refractivity contribution in [3.05, 3.63) is 58.6 Å². The van der Waals surface area contributed by atoms with Crippen molar-refractivity contribution in [3.8, 4) is 0 Å². The number of fused-ring (bicyclic) bond motifs is 1. The van der Waals surface area contributed by atoms with E-state index in [0.717, 1.165) is 11.0 Å². The molecule has 3 rings (SSSR count). The third-order valence-corrected chi connectivity index (χ3v) is 3.09. The Morgan fingerprint density at radius 1 is 1.21 bits per heavy atom. The second kappa shape index (κ2) is 6.65. The van der Waals surface area contributed by atoms with E-state index in [1.165, 1.54) is 12.1 Å². The number of imidazole rings is 1. The van der Waals surface area contributed by atoms with Crippen molar-refractivity contribution in [2.24, 2.45) is 15.3 Å². The fourth-order valence-electron chi connectivity index (χ4n) is 1.93. The summed E-state index contributed by atoms with van der Waals surface area (Å²) >= 11 is 0. The predicted molar refractivity (Wildman–Crippen MR) is 90.4 cm³/mol. The summed E-state index contributed by atoms with van der Waals surface area (Å²) in [6, 6.07) is 13.5. The average Bonchev–Trinajstić information content (AvgIpc) is 3.01. The molecular weight excluding hydrogens is 310 g/mol. The fraction of sp³-hybridized carbons (Fsp3) is 0.0667. The number of benzene rings is 2. The number of hydrogen-bond donors (Lipinski definition) is 2. The molecule has 0 aliphatic carbocycles. The maximum atomic E-state index is 10.6. The Hall–Kier alpha value is -3.62. The van der Waals surface area contributed by atoms with Gasteiger partial charge < -0.3 is 4.98 Å². The molecule has 2 N–H and O–H groups in total. The fourth-order valence-corrected chi connectivity index (χ4v) is 1.93. The van der Waals surface area contributed by atoms with Crippen LogP contribution in [0.25, 0.3) is 11.0 Å². The van der Waals surface area contributed by atoms with Crippen LogP contribution in [0.2, 0.25) is 0 Å². The number of nitro benzene ring substituents is 1. The first-order valence-electron chi connectivity index (χ1n) is 7.03. The smallest absolute Gasteiger partial charge is 0.269 e. The lowest BCUT2D eigenvalue weighted by atomic mass is 10.3. The lowest BCUT2D eigenvalue weighted by Crippen LogP contribution is -1.94. The zero-order chi connectivity index (χ0) is 16.9. The maximum absolute atomic E-state index is 10.6. The molecule has 0 aliphatic heterocycles. The van der Waals surface area contributed by atoms with Gasteiger partial charge in [0.1, 0.15) is 0 Å². The number of aromatic amines is 1. The number of aromatic nitrogens is 2. The first kappa shape index (κ1) is 15.3. The molecular formula is C15H13N7O2. The van der Waals surface area contributed by atoms with Crippen molar-refractivity contribution in [1.29, 1.82) is 0 Å². The minimum absolute atomic E-state index is 0.0193. The Labute approximate surface area is 136 Å². The van der Waals surface area contributed by atoms with E-state index in [0.29, 0.717) is 17.5 Å². The van der Waals surface area contributed by atoms with Crippen LogP contribution in [-0.4, -0.2) is 20.7 Å². The number of rotatable bonds is 4. The van der Waals surface area contributed by atoms with Crippen LogP contribution >= 0.6 is 0 Å². The minimum Gasteiger partial charge on any atom is -0.321 e. The summed E-state index contributed by atoms with van der Waals surface area (Å²) in [5.74, 6) is 0.773. The molecule has 0 fully saturated rings. The van der Waals surface area contributed by atoms with Gasteiger partial charge in [0.2, 0.25) is 5.95 Å². The topological polar surface area (TPSA) is 121 Å². The number of para-hydroxylation sites is 2. The van der Waals surface area contributed by atoms with E-state index in [-0.39, 0.29) is 5.69 Å². The molecule has 120 valence electrons. The number of anilines is 1. The van der Waals surface area contributed by atoms with E-state index in [9.17, 15) is 10.1 Å². The molecule has 0 radical (unpaired) electrons. The Kier molecular flexibility index (Phi) is 4.23. The number of H-pyrrole nitrogens is 1. The Morgan fingerprint density at radius 3 is 2.67 bits per heavy atom. The number of nitro groups is 1. The molecule has 1 heterocycles. The van der Waals surface area contributed by atoms with Crippen LogP contribution in [0.4, 0.5) is 17.3 Å². The van der Waals surface area contributed by atoms with Crippen LogP contribution in [-0.2, 0) is 0 Å². The number of nitrogens with one attached hydrogen (secondary N) is 2. The second-order valence-corrected chi connectivity index (χ2v) is 4.85. The number of nitrogens with zero attached hydrogens (tertiary/aromatic N) is 5. The first-order valence-corrected chi connectivity index (χ1v) is 7.03. The van der Waals surface area contributed by atoms with Crippen LogP contribution in [0.5, 0.6) is 0 Å². The largest absolute Gasteiger partial charge is 0.321 e. The molecule has 9 heteroatoms. The van der Waals surface area contributed by atoms with Gasteiger partial charge >= 0.3 is 0 Å². The predicted octanol–water partition coefficient (Wildman–Crippen LogP) is 4.00. The summed E-state index contributed by atoms with van der Waals surface area (Å²) in [6.07, 6.45) is 0. The quantitative estimate of drug-likeness (QED) is 0.248. The number of azo groups is 1. The molecule has 24 heavy (non-hydrogen) atoms. The van der Waals surface area contributed by atoms with Crippen molar-refractivity contribution in [2.75, 3.05) is 5.43 Å². The van der Waals surface area contributed by atoms with E-state index in [1.807, 2.05) is 24.3 Å². The highest BCUT2D eigenvalue weighted by Gasteiger charge is 2.03. The molecule has 0 saturated heterocycles. The molecule has 9 nitrogen and oxygen atoms in total. The van der Waals surface area contributed by atoms with Gasteiger partial charge in [-0.05, 0) is 31.2 Å². The molecule has 0 spiro atoms. The molecule has 2 aromatic carbocycles. The van der Waals surface area contributed by atoms with Crippen molar-refractivity contribution >= 4 is 34.2 Å². The van der Waals surface area contributed by atoms with Crippen molar-refractivity contribution < 1.29 is 4.92 Å². The van der Waals surface area contributed by atoms with Gasteiger partial charge in [-0.1, -0.05) is 12.1 Å². The Bertz CT molecular complexity index is 895. The summed E-state index contributed by atoms with van der Waals surface area (Å²) in [7, 11) is 0. The maximum Gasteiger partial charge on any atom is 0.269 e. The van der Waals surface area contributed by atoms with Gasteiger partial charge in [-0.25, -0.2) is 4.98 Å². The van der Waals surface area contributed by atoms with E-state index < -0.39 is 4.92 Å². The van der Waals surface area contributed by atoms with Gasteiger partial charge in [0.05, 0.1) is 21.6 Å². The van der Waals surface area contributed by atoms with E-state index in [1.54, 1.807) is 19.1 Å². The summed E-state index contributed by atoms with van der Waals surface area (Å²) in [4.78, 5) is 17.4. The Morgan fingerprint density at radius 2 is 1.96 bits per heavy atom. The molecule has 0 aliphatic rings. The summed E-state index contributed by atoms with van der Waals surface area (Å²) in [5.41, 5.74) is 5.07. The highest BCUT2D eigenvalue weighted by molar-refractivity contribution is 5.81. The lowest BCUT2D eigenvalue weighted by Gasteiger charge is -1.99. The zero-order valence-electron chi connectivity index (χ0n) is 12.7. The molecule has 3 aromatic rings. The van der Waals surface area contributed by atoms with E-state index in [2.05, 4.69) is 30.7 Å². The van der Waals surface area contributed by atoms with Crippen LogP contribution in [0.3, 0.4) is 0 Å². The lowest BCUT2D eigenvalue weighted by molar-refractivity contribution is -0.384. The first-order chi connectivity index (χ1) is 11.6. The summed E-state index contributed by atoms with van der Waals surface area (Å²) in [6.45, 7) is 1.67. The van der Waals surface area contributed by atoms with Gasteiger partial charge in [-0.15, -0.1) is 10.2 Å². The SMILES string of the molecule is C/C(N=Nc1nc2ccccc2[nH]1)=N/Nc1ccc([N+](=O)[O-])cc1. The summed E-state index contributed by atoms with van der Waals surface area (Å²) in [5, 5.41) is 22.6. The van der Waals surface area contributed by atoms with E-state index >= 15 is 0 Å².